The molecule has 4 nitrogen and oxygen atoms in total. The van der Waals surface area contributed by atoms with Gasteiger partial charge >= 0.3 is 0 Å². The Hall–Kier alpha value is -1.49. The fraction of sp³-hybridized carbons (Fsp3) is 0. The van der Waals surface area contributed by atoms with Gasteiger partial charge in [0.2, 0.25) is 0 Å². The summed E-state index contributed by atoms with van der Waals surface area (Å²) in [7, 11) is -2.67. The molecule has 0 spiro atoms. The highest BCUT2D eigenvalue weighted by molar-refractivity contribution is 7.72. The van der Waals surface area contributed by atoms with Crippen molar-refractivity contribution in [1.29, 1.82) is 0 Å². The van der Waals surface area contributed by atoms with Crippen LogP contribution < -0.4 is 0 Å². The molecule has 0 bridgehead atoms. The Bertz CT molecular complexity index is 509. The summed E-state index contributed by atoms with van der Waals surface area (Å²) in [6, 6.07) is 7.11. The molecule has 0 saturated carbocycles. The smallest absolute Gasteiger partial charge is 0.188 e. The van der Waals surface area contributed by atoms with E-state index < -0.39 is 10.7 Å². The molecule has 0 atom stereocenters. The van der Waals surface area contributed by atoms with E-state index in [0.29, 0.717) is 5.39 Å². The summed E-state index contributed by atoms with van der Waals surface area (Å²) in [5.41, 5.74) is 0. The first-order chi connectivity index (χ1) is 6.29. The molecule has 0 aliphatic carbocycles. The molecule has 5 heteroatoms. The number of benzene rings is 1. The molecule has 0 unspecified atom stereocenters. The summed E-state index contributed by atoms with van der Waals surface area (Å²) < 4.78 is 21.5. The molecule has 13 heavy (non-hydrogen) atoms. The molecule has 0 aliphatic heterocycles. The Morgan fingerprint density at radius 2 is 1.92 bits per heavy atom. The fourth-order valence-electron chi connectivity index (χ4n) is 1.15. The number of rotatable bonds is 1. The molecule has 0 aliphatic rings. The Morgan fingerprint density at radius 3 is 2.69 bits per heavy atom. The van der Waals surface area contributed by atoms with Gasteiger partial charge in [-0.1, -0.05) is 24.3 Å². The number of nitrogens with zero attached hydrogens (tertiary/aromatic N) is 2. The predicted octanol–water partition coefficient (Wildman–Crippen LogP) is 0.600. The summed E-state index contributed by atoms with van der Waals surface area (Å²) in [4.78, 5) is 0. The molecule has 2 aromatic rings. The van der Waals surface area contributed by atoms with Gasteiger partial charge < -0.3 is 0 Å². The van der Waals surface area contributed by atoms with Gasteiger partial charge in [0, 0.05) is 10.8 Å². The van der Waals surface area contributed by atoms with E-state index in [2.05, 4.69) is 10.2 Å². The van der Waals surface area contributed by atoms with Crippen molar-refractivity contribution in [2.75, 3.05) is 0 Å². The second-order valence-corrected chi connectivity index (χ2v) is 3.45. The van der Waals surface area contributed by atoms with Crippen LogP contribution in [0.3, 0.4) is 0 Å². The monoisotopic (exact) mass is 194 g/mol. The minimum Gasteiger partial charge on any atom is -0.225 e. The number of fused-ring (bicyclic) bond motifs is 1. The quantitative estimate of drug-likeness (QED) is 0.675. The average molecular weight is 194 g/mol. The van der Waals surface area contributed by atoms with Gasteiger partial charge in [-0.2, -0.15) is 5.10 Å². The summed E-state index contributed by atoms with van der Waals surface area (Å²) in [6.07, 6.45) is 1.54. The molecule has 0 amide bonds. The Balaban J connectivity index is 2.91. The van der Waals surface area contributed by atoms with Crippen molar-refractivity contribution in [2.24, 2.45) is 0 Å². The van der Waals surface area contributed by atoms with Crippen molar-refractivity contribution < 1.29 is 8.42 Å². The topological polar surface area (TPSA) is 59.9 Å². The van der Waals surface area contributed by atoms with Crippen LogP contribution in [0.25, 0.3) is 10.8 Å². The van der Waals surface area contributed by atoms with Crippen LogP contribution in [0, 0.1) is 0 Å². The van der Waals surface area contributed by atoms with Crippen LogP contribution in [0.4, 0.5) is 0 Å². The molecule has 2 rings (SSSR count). The van der Waals surface area contributed by atoms with E-state index in [9.17, 15) is 8.42 Å². The van der Waals surface area contributed by atoms with Gasteiger partial charge in [-0.25, -0.2) is 8.42 Å². The van der Waals surface area contributed by atoms with Crippen molar-refractivity contribution in [3.8, 4) is 0 Å². The van der Waals surface area contributed by atoms with Gasteiger partial charge in [-0.3, -0.25) is 0 Å². The van der Waals surface area contributed by atoms with Gasteiger partial charge in [0.05, 0.1) is 6.20 Å². The number of hydrogen-bond donors (Lipinski definition) is 1. The largest absolute Gasteiger partial charge is 0.225 e. The van der Waals surface area contributed by atoms with Gasteiger partial charge in [-0.15, -0.1) is 5.10 Å². The minimum atomic E-state index is -2.67. The summed E-state index contributed by atoms with van der Waals surface area (Å²) in [5, 5.41) is 8.60. The van der Waals surface area contributed by atoms with Crippen LogP contribution in [0.15, 0.2) is 35.5 Å². The first-order valence-electron chi connectivity index (χ1n) is 3.64. The maximum Gasteiger partial charge on any atom is 0.188 e. The second kappa shape index (κ2) is 3.10. The predicted molar refractivity (Wildman–Crippen MR) is 48.1 cm³/mol. The molecule has 1 aromatic heterocycles. The van der Waals surface area contributed by atoms with Crippen molar-refractivity contribution in [3.63, 3.8) is 0 Å². The van der Waals surface area contributed by atoms with E-state index in [1.807, 2.05) is 6.07 Å². The summed E-state index contributed by atoms with van der Waals surface area (Å²) in [6.45, 7) is 0. The first-order valence-corrected chi connectivity index (χ1v) is 4.81. The lowest BCUT2D eigenvalue weighted by Gasteiger charge is -1.96. The van der Waals surface area contributed by atoms with E-state index in [1.165, 1.54) is 6.20 Å². The minimum absolute atomic E-state index is 0.0353. The van der Waals surface area contributed by atoms with E-state index in [4.69, 9.17) is 0 Å². The summed E-state index contributed by atoms with van der Waals surface area (Å²) >= 11 is 0. The molecule has 0 saturated heterocycles. The molecule has 66 valence electrons. The molecular weight excluding hydrogens is 188 g/mol. The number of aromatic nitrogens is 2. The van der Waals surface area contributed by atoms with Gasteiger partial charge in [0.15, 0.2) is 15.7 Å². The van der Waals surface area contributed by atoms with E-state index in [1.54, 1.807) is 18.2 Å². The highest BCUT2D eigenvalue weighted by Gasteiger charge is 2.03. The SMILES string of the molecule is O=[SH](=O)c1nncc2ccccc12. The van der Waals surface area contributed by atoms with Crippen LogP contribution in [-0.4, -0.2) is 18.6 Å². The van der Waals surface area contributed by atoms with Gasteiger partial charge in [-0.05, 0) is 0 Å². The Kier molecular flexibility index (Phi) is 1.94. The lowest BCUT2D eigenvalue weighted by molar-refractivity contribution is 0.610. The lowest BCUT2D eigenvalue weighted by atomic mass is 10.2. The second-order valence-electron chi connectivity index (χ2n) is 2.51. The summed E-state index contributed by atoms with van der Waals surface area (Å²) in [5.74, 6) is 0. The Morgan fingerprint density at radius 1 is 1.15 bits per heavy atom. The number of hydrogen-bond acceptors (Lipinski definition) is 4. The molecule has 1 aromatic carbocycles. The van der Waals surface area contributed by atoms with Crippen LogP contribution in [-0.2, 0) is 10.7 Å². The maximum atomic E-state index is 10.7. The average Bonchev–Trinajstić information content (AvgIpc) is 2.17. The van der Waals surface area contributed by atoms with E-state index >= 15 is 0 Å². The molecule has 0 fully saturated rings. The highest BCUT2D eigenvalue weighted by Crippen LogP contribution is 2.15. The van der Waals surface area contributed by atoms with E-state index in [-0.39, 0.29) is 5.03 Å². The van der Waals surface area contributed by atoms with Crippen molar-refractivity contribution in [2.45, 2.75) is 5.03 Å². The fourth-order valence-corrected chi connectivity index (χ4v) is 1.67. The van der Waals surface area contributed by atoms with Gasteiger partial charge in [0.1, 0.15) is 0 Å². The zero-order valence-electron chi connectivity index (χ0n) is 6.54. The third kappa shape index (κ3) is 1.38. The first kappa shape index (κ1) is 8.12. The standard InChI is InChI=1S/C8H6N2O2S/c11-13(12)8-7-4-2-1-3-6(7)5-9-10-8/h1-5,13H. The Labute approximate surface area is 76.2 Å². The van der Waals surface area contributed by atoms with Crippen LogP contribution >= 0.6 is 0 Å². The molecular formula is C8H6N2O2S. The van der Waals surface area contributed by atoms with E-state index in [0.717, 1.165) is 5.39 Å². The molecule has 1 heterocycles. The van der Waals surface area contributed by atoms with Gasteiger partial charge in [0.25, 0.3) is 0 Å². The third-order valence-corrected chi connectivity index (χ3v) is 2.40. The lowest BCUT2D eigenvalue weighted by Crippen LogP contribution is -1.91. The molecule has 0 radical (unpaired) electrons. The van der Waals surface area contributed by atoms with Crippen molar-refractivity contribution >= 4 is 21.5 Å². The highest BCUT2D eigenvalue weighted by atomic mass is 32.2. The third-order valence-electron chi connectivity index (χ3n) is 1.72. The zero-order valence-corrected chi connectivity index (χ0v) is 7.44. The molecule has 0 N–H and O–H groups in total. The van der Waals surface area contributed by atoms with Crippen molar-refractivity contribution in [3.05, 3.63) is 30.5 Å². The number of thiol groups is 1. The normalized spacial score (nSPS) is 10.8. The van der Waals surface area contributed by atoms with Crippen LogP contribution in [0.5, 0.6) is 0 Å². The van der Waals surface area contributed by atoms with Crippen LogP contribution in [0.1, 0.15) is 0 Å². The van der Waals surface area contributed by atoms with Crippen molar-refractivity contribution in [1.82, 2.24) is 10.2 Å². The zero-order chi connectivity index (χ0) is 9.26. The maximum absolute atomic E-state index is 10.7. The van der Waals surface area contributed by atoms with Crippen LogP contribution in [0.2, 0.25) is 0 Å².